The van der Waals surface area contributed by atoms with Gasteiger partial charge in [-0.1, -0.05) is 13.3 Å². The predicted octanol–water partition coefficient (Wildman–Crippen LogP) is -0.0575. The van der Waals surface area contributed by atoms with E-state index in [0.717, 1.165) is 42.8 Å². The summed E-state index contributed by atoms with van der Waals surface area (Å²) in [4.78, 5) is 21.2. The maximum Gasteiger partial charge on any atom is 1.00 e. The normalized spacial score (nSPS) is 18.9. The molecule has 2 fully saturated rings. The molecule has 0 aromatic carbocycles. The molecule has 2 aliphatic rings. The molecule has 2 aliphatic heterocycles. The van der Waals surface area contributed by atoms with Gasteiger partial charge in [0.25, 0.3) is 0 Å². The predicted molar refractivity (Wildman–Crippen MR) is 149 cm³/mol. The van der Waals surface area contributed by atoms with Crippen LogP contribution in [0.1, 0.15) is 59.3 Å². The Hall–Kier alpha value is -0.683. The van der Waals surface area contributed by atoms with E-state index in [1.807, 2.05) is 0 Å². The van der Waals surface area contributed by atoms with E-state index in [4.69, 9.17) is 11.3 Å². The smallest absolute Gasteiger partial charge is 0.423 e. The number of rotatable bonds is 4. The Kier molecular flexibility index (Phi) is 18.0. The minimum absolute atomic E-state index is 0. The van der Waals surface area contributed by atoms with Gasteiger partial charge in [0, 0.05) is 56.7 Å². The molecule has 2 aromatic heterocycles. The van der Waals surface area contributed by atoms with Crippen LogP contribution in [0.3, 0.4) is 0 Å². The van der Waals surface area contributed by atoms with E-state index in [-0.39, 0.29) is 27.9 Å². The van der Waals surface area contributed by atoms with Crippen LogP contribution in [0.5, 0.6) is 0 Å². The first kappa shape index (κ1) is 32.3. The molecule has 4 heterocycles. The van der Waals surface area contributed by atoms with Gasteiger partial charge in [0.15, 0.2) is 0 Å². The van der Waals surface area contributed by atoms with Crippen LogP contribution in [0.2, 0.25) is 0 Å². The van der Waals surface area contributed by atoms with Crippen molar-refractivity contribution in [2.75, 3.05) is 22.9 Å². The van der Waals surface area contributed by atoms with E-state index in [1.54, 1.807) is 12.4 Å². The molecule has 2 saturated heterocycles. The molecule has 3 atom stereocenters. The number of anilines is 2. The molecule has 0 aliphatic carbocycles. The van der Waals surface area contributed by atoms with Crippen molar-refractivity contribution < 1.29 is 28.9 Å². The Morgan fingerprint density at radius 2 is 1.43 bits per heavy atom. The minimum Gasteiger partial charge on any atom is -0.423 e. The molecule has 186 valence electrons. The number of nitrogens with zero attached hydrogens (tertiary/aromatic N) is 6. The molecular formula is C22H37B2BrLiN6O2P. The fourth-order valence-electron chi connectivity index (χ4n) is 3.53. The Balaban J connectivity index is 0.000000534. The fraction of sp³-hybridized carbons (Fsp3) is 0.591. The SMILES string of the molecule is C[C@@H]1CCCN1c1ncc(B(O)O)cn1.C[C@@H]1CCCN1c1ncc(Br)cn1.[3H]P[B].[CH2-]CCC.[Li+]. The number of hydrogen-bond donors (Lipinski definition) is 2. The summed E-state index contributed by atoms with van der Waals surface area (Å²) in [6, 6.07) is 1.05. The van der Waals surface area contributed by atoms with Gasteiger partial charge >= 0.3 is 26.0 Å². The van der Waals surface area contributed by atoms with Crippen molar-refractivity contribution in [3.63, 3.8) is 0 Å². The van der Waals surface area contributed by atoms with Crippen LogP contribution >= 0.6 is 25.0 Å². The summed E-state index contributed by atoms with van der Waals surface area (Å²) in [5.41, 5.74) is 0.325. The van der Waals surface area contributed by atoms with Crippen LogP contribution in [0.15, 0.2) is 29.3 Å². The van der Waals surface area contributed by atoms with E-state index in [9.17, 15) is 0 Å². The molecule has 8 nitrogen and oxygen atoms in total. The summed E-state index contributed by atoms with van der Waals surface area (Å²) in [7, 11) is 2.88. The summed E-state index contributed by atoms with van der Waals surface area (Å²) < 4.78 is 6.95. The summed E-state index contributed by atoms with van der Waals surface area (Å²) in [6.45, 7) is 12.1. The first-order valence-corrected chi connectivity index (χ1v) is 13.0. The molecule has 13 heteroatoms. The van der Waals surface area contributed by atoms with E-state index < -0.39 is 7.12 Å². The number of halogens is 1. The molecule has 4 rings (SSSR count). The van der Waals surface area contributed by atoms with E-state index in [2.05, 4.69) is 80.9 Å². The third-order valence-corrected chi connectivity index (χ3v) is 5.95. The zero-order valence-corrected chi connectivity index (χ0v) is 24.0. The second-order valence-electron chi connectivity index (χ2n) is 8.11. The Labute approximate surface area is 236 Å². The molecule has 35 heavy (non-hydrogen) atoms. The molecule has 0 amide bonds. The van der Waals surface area contributed by atoms with E-state index in [0.29, 0.717) is 23.5 Å². The molecule has 2 N–H and O–H groups in total. The second kappa shape index (κ2) is 19.4. The van der Waals surface area contributed by atoms with Gasteiger partial charge in [0.1, 0.15) is 0 Å². The van der Waals surface area contributed by atoms with Gasteiger partial charge in [-0.05, 0) is 55.5 Å². The van der Waals surface area contributed by atoms with E-state index in [1.165, 1.54) is 31.7 Å². The standard InChI is InChI=1S/C9H14BN3O2.C9H12BrN3.C4H9.BH2P.Li/c1-7-3-2-4-13(7)9-11-5-8(6-12-9)10(14)15;1-7-3-2-4-13(7)9-11-5-8(10)6-12-9;1-3-4-2;1-2;/h5-7,14-15H,2-4H2,1H3;5-7H,2-4H2,1H3;1,3-4H2,2H3;2H2;/q;;-1;;+1/t2*7-;;;/m11.../s1/i;;;2T;. The zero-order chi connectivity index (χ0) is 26.2. The van der Waals surface area contributed by atoms with Gasteiger partial charge in [0.2, 0.25) is 11.9 Å². The summed E-state index contributed by atoms with van der Waals surface area (Å²) in [6.07, 6.45) is 13.6. The Bertz CT molecular complexity index is 818. The maximum absolute atomic E-state index is 8.89. The van der Waals surface area contributed by atoms with Gasteiger partial charge in [-0.25, -0.2) is 19.9 Å². The molecular weight excluding hydrogens is 520 g/mol. The van der Waals surface area contributed by atoms with Crippen LogP contribution in [-0.4, -0.2) is 71.1 Å². The second-order valence-corrected chi connectivity index (χ2v) is 9.03. The van der Waals surface area contributed by atoms with Crippen molar-refractivity contribution in [3.05, 3.63) is 36.2 Å². The Morgan fingerprint density at radius 1 is 1.06 bits per heavy atom. The van der Waals surface area contributed by atoms with Crippen molar-refractivity contribution in [1.82, 2.24) is 19.9 Å². The van der Waals surface area contributed by atoms with Crippen LogP contribution < -0.4 is 34.1 Å². The number of aromatic nitrogens is 4. The zero-order valence-electron chi connectivity index (χ0n) is 22.4. The third-order valence-electron chi connectivity index (χ3n) is 5.54. The van der Waals surface area contributed by atoms with Crippen molar-refractivity contribution in [3.8, 4) is 0 Å². The van der Waals surface area contributed by atoms with Gasteiger partial charge in [0.05, 0.1) is 12.0 Å². The van der Waals surface area contributed by atoms with Gasteiger partial charge < -0.3 is 26.8 Å². The average molecular weight is 559 g/mol. The van der Waals surface area contributed by atoms with Gasteiger partial charge in [-0.3, -0.25) is 0 Å². The van der Waals surface area contributed by atoms with Gasteiger partial charge in [-0.15, -0.1) is 0 Å². The average Bonchev–Trinajstić information content (AvgIpc) is 3.48. The van der Waals surface area contributed by atoms with Crippen LogP contribution in [0, 0.1) is 6.92 Å². The largest absolute Gasteiger partial charge is 1.00 e. The fourth-order valence-corrected chi connectivity index (χ4v) is 3.73. The molecule has 2 radical (unpaired) electrons. The van der Waals surface area contributed by atoms with Crippen molar-refractivity contribution in [1.29, 1.82) is 1.28 Å². The monoisotopic (exact) mass is 558 g/mol. The van der Waals surface area contributed by atoms with Crippen LogP contribution in [0.25, 0.3) is 0 Å². The first-order chi connectivity index (χ1) is 16.8. The minimum atomic E-state index is -1.49. The molecule has 1 unspecified atom stereocenters. The Morgan fingerprint density at radius 3 is 1.71 bits per heavy atom. The molecule has 0 bridgehead atoms. The maximum atomic E-state index is 8.89. The van der Waals surface area contributed by atoms with Crippen LogP contribution in [-0.2, 0) is 0 Å². The van der Waals surface area contributed by atoms with Crippen molar-refractivity contribution in [2.45, 2.75) is 71.4 Å². The first-order valence-electron chi connectivity index (χ1n) is 12.1. The molecule has 0 saturated carbocycles. The number of unbranched alkanes of at least 4 members (excludes halogenated alkanes) is 1. The summed E-state index contributed by atoms with van der Waals surface area (Å²) in [5.74, 6) is 1.53. The van der Waals surface area contributed by atoms with Crippen molar-refractivity contribution in [2.24, 2.45) is 0 Å². The van der Waals surface area contributed by atoms with E-state index >= 15 is 0 Å². The molecule has 0 spiro atoms. The topological polar surface area (TPSA) is 98.5 Å². The van der Waals surface area contributed by atoms with Gasteiger partial charge in [-0.2, -0.15) is 15.5 Å². The summed E-state index contributed by atoms with van der Waals surface area (Å²) in [5, 5.41) is 17.8. The number of hydrogen-bond acceptors (Lipinski definition) is 8. The molecule has 2 aromatic rings. The summed E-state index contributed by atoms with van der Waals surface area (Å²) >= 11 is 3.33. The van der Waals surface area contributed by atoms with Crippen LogP contribution in [0.4, 0.5) is 11.9 Å². The third kappa shape index (κ3) is 11.9. The quantitative estimate of drug-likeness (QED) is 0.306. The van der Waals surface area contributed by atoms with Crippen molar-refractivity contribution >= 4 is 57.0 Å².